The molecule has 5 nitrogen and oxygen atoms in total. The van der Waals surface area contributed by atoms with E-state index < -0.39 is 5.60 Å². The van der Waals surface area contributed by atoms with E-state index in [-0.39, 0.29) is 18.2 Å². The van der Waals surface area contributed by atoms with Gasteiger partial charge in [-0.25, -0.2) is 4.79 Å². The van der Waals surface area contributed by atoms with E-state index in [4.69, 9.17) is 4.74 Å². The van der Waals surface area contributed by atoms with Gasteiger partial charge in [0.15, 0.2) is 0 Å². The Morgan fingerprint density at radius 2 is 1.90 bits per heavy atom. The minimum absolute atomic E-state index is 0.214. The number of rotatable bonds is 3. The third-order valence-electron chi connectivity index (χ3n) is 4.47. The molecule has 0 bridgehead atoms. The Balaban J connectivity index is 1.85. The van der Waals surface area contributed by atoms with Gasteiger partial charge in [0.1, 0.15) is 5.60 Å². The molecule has 1 aliphatic carbocycles. The lowest BCUT2D eigenvalue weighted by Crippen LogP contribution is -2.65. The summed E-state index contributed by atoms with van der Waals surface area (Å²) in [5.74, 6) is 0. The van der Waals surface area contributed by atoms with Gasteiger partial charge in [0.05, 0.1) is 6.10 Å². The maximum Gasteiger partial charge on any atom is 0.410 e. The highest BCUT2D eigenvalue weighted by atomic mass is 16.6. The van der Waals surface area contributed by atoms with Crippen LogP contribution in [-0.2, 0) is 4.74 Å². The van der Waals surface area contributed by atoms with Gasteiger partial charge < -0.3 is 14.7 Å². The first-order valence-corrected chi connectivity index (χ1v) is 8.23. The fourth-order valence-corrected chi connectivity index (χ4v) is 3.38. The smallest absolute Gasteiger partial charge is 0.410 e. The Labute approximate surface area is 128 Å². The van der Waals surface area contributed by atoms with Gasteiger partial charge in [-0.1, -0.05) is 19.8 Å². The van der Waals surface area contributed by atoms with Crippen LogP contribution in [0.25, 0.3) is 0 Å². The topological polar surface area (TPSA) is 53.0 Å². The SMILES string of the molecule is CCN(C1CN(C(=O)OC(C)(C)C)C1)[C@H]1CCCC[C@@H]1O. The molecule has 0 radical (unpaired) electrons. The molecular formula is C16H30N2O3. The number of nitrogens with zero attached hydrogens (tertiary/aromatic N) is 2. The third-order valence-corrected chi connectivity index (χ3v) is 4.47. The molecule has 1 saturated carbocycles. The molecule has 1 heterocycles. The number of likely N-dealkylation sites (tertiary alicyclic amines) is 1. The van der Waals surface area contributed by atoms with Gasteiger partial charge >= 0.3 is 6.09 Å². The number of carbonyl (C=O) groups is 1. The first-order chi connectivity index (χ1) is 9.81. The third kappa shape index (κ3) is 4.10. The lowest BCUT2D eigenvalue weighted by atomic mass is 9.89. The van der Waals surface area contributed by atoms with Crippen molar-refractivity contribution in [3.05, 3.63) is 0 Å². The number of hydrogen-bond donors (Lipinski definition) is 1. The van der Waals surface area contributed by atoms with Gasteiger partial charge in [0, 0.05) is 25.2 Å². The van der Waals surface area contributed by atoms with Crippen LogP contribution in [0.1, 0.15) is 53.4 Å². The van der Waals surface area contributed by atoms with Crippen LogP contribution in [-0.4, -0.2) is 64.4 Å². The van der Waals surface area contributed by atoms with Crippen molar-refractivity contribution >= 4 is 6.09 Å². The first-order valence-electron chi connectivity index (χ1n) is 8.23. The molecule has 0 aromatic carbocycles. The summed E-state index contributed by atoms with van der Waals surface area (Å²) in [7, 11) is 0. The van der Waals surface area contributed by atoms with Crippen LogP contribution in [0.2, 0.25) is 0 Å². The number of hydrogen-bond acceptors (Lipinski definition) is 4. The van der Waals surface area contributed by atoms with E-state index in [0.717, 1.165) is 25.8 Å². The molecule has 2 aliphatic rings. The van der Waals surface area contributed by atoms with Crippen LogP contribution in [0.15, 0.2) is 0 Å². The van der Waals surface area contributed by atoms with E-state index in [9.17, 15) is 9.90 Å². The molecule has 0 aromatic rings. The minimum Gasteiger partial charge on any atom is -0.444 e. The molecular weight excluding hydrogens is 268 g/mol. The summed E-state index contributed by atoms with van der Waals surface area (Å²) in [5.41, 5.74) is -0.438. The van der Waals surface area contributed by atoms with E-state index in [0.29, 0.717) is 19.1 Å². The standard InChI is InChI=1S/C16H30N2O3/c1-5-18(13-8-6-7-9-14(13)19)12-10-17(11-12)15(20)21-16(2,3)4/h12-14,19H,5-11H2,1-4H3/t13-,14-/m0/s1. The van der Waals surface area contributed by atoms with Crippen LogP contribution in [0.5, 0.6) is 0 Å². The number of carbonyl (C=O) groups excluding carboxylic acids is 1. The van der Waals surface area contributed by atoms with Crippen molar-refractivity contribution in [3.63, 3.8) is 0 Å². The summed E-state index contributed by atoms with van der Waals surface area (Å²) in [6.07, 6.45) is 3.86. The number of aliphatic hydroxyl groups excluding tert-OH is 1. The molecule has 2 rings (SSSR count). The van der Waals surface area contributed by atoms with Crippen molar-refractivity contribution < 1.29 is 14.6 Å². The molecule has 2 fully saturated rings. The largest absolute Gasteiger partial charge is 0.444 e. The van der Waals surface area contributed by atoms with Crippen LogP contribution in [0, 0.1) is 0 Å². The maximum atomic E-state index is 12.0. The predicted octanol–water partition coefficient (Wildman–Crippen LogP) is 2.23. The van der Waals surface area contributed by atoms with Crippen molar-refractivity contribution in [1.29, 1.82) is 0 Å². The zero-order valence-corrected chi connectivity index (χ0v) is 13.8. The molecule has 0 unspecified atom stereocenters. The summed E-state index contributed by atoms with van der Waals surface area (Å²) in [5, 5.41) is 10.2. The number of ether oxygens (including phenoxy) is 1. The summed E-state index contributed by atoms with van der Waals surface area (Å²) >= 11 is 0. The quantitative estimate of drug-likeness (QED) is 0.868. The predicted molar refractivity (Wildman–Crippen MR) is 82.2 cm³/mol. The Hall–Kier alpha value is -0.810. The molecule has 1 saturated heterocycles. The minimum atomic E-state index is -0.438. The first kappa shape index (κ1) is 16.6. The van der Waals surface area contributed by atoms with E-state index in [1.807, 2.05) is 20.8 Å². The van der Waals surface area contributed by atoms with Gasteiger partial charge in [-0.05, 0) is 40.2 Å². The van der Waals surface area contributed by atoms with E-state index in [2.05, 4.69) is 11.8 Å². The van der Waals surface area contributed by atoms with Crippen molar-refractivity contribution in [2.75, 3.05) is 19.6 Å². The summed E-state index contributed by atoms with van der Waals surface area (Å²) in [6.45, 7) is 10.2. The summed E-state index contributed by atoms with van der Waals surface area (Å²) in [4.78, 5) is 16.1. The number of aliphatic hydroxyl groups is 1. The van der Waals surface area contributed by atoms with Crippen molar-refractivity contribution in [3.8, 4) is 0 Å². The van der Waals surface area contributed by atoms with Gasteiger partial charge in [-0.3, -0.25) is 4.90 Å². The second kappa shape index (κ2) is 6.53. The maximum absolute atomic E-state index is 12.0. The molecule has 122 valence electrons. The summed E-state index contributed by atoms with van der Waals surface area (Å²) < 4.78 is 5.39. The monoisotopic (exact) mass is 298 g/mol. The van der Waals surface area contributed by atoms with Gasteiger partial charge in [-0.2, -0.15) is 0 Å². The Bertz CT molecular complexity index is 361. The van der Waals surface area contributed by atoms with Crippen molar-refractivity contribution in [2.45, 2.75) is 77.2 Å². The van der Waals surface area contributed by atoms with Crippen LogP contribution in [0.4, 0.5) is 4.79 Å². The molecule has 21 heavy (non-hydrogen) atoms. The highest BCUT2D eigenvalue weighted by molar-refractivity contribution is 5.69. The highest BCUT2D eigenvalue weighted by Gasteiger charge is 2.40. The van der Waals surface area contributed by atoms with E-state index in [1.54, 1.807) is 4.90 Å². The number of amides is 1. The van der Waals surface area contributed by atoms with Crippen LogP contribution in [0.3, 0.4) is 0 Å². The van der Waals surface area contributed by atoms with Crippen LogP contribution < -0.4 is 0 Å². The van der Waals surface area contributed by atoms with E-state index in [1.165, 1.54) is 6.42 Å². The second-order valence-electron chi connectivity index (χ2n) is 7.29. The zero-order chi connectivity index (χ0) is 15.6. The molecule has 1 amide bonds. The van der Waals surface area contributed by atoms with Gasteiger partial charge in [0.2, 0.25) is 0 Å². The summed E-state index contributed by atoms with van der Waals surface area (Å²) in [6, 6.07) is 0.620. The molecule has 1 aliphatic heterocycles. The number of likely N-dealkylation sites (N-methyl/N-ethyl adjacent to an activating group) is 1. The average molecular weight is 298 g/mol. The zero-order valence-electron chi connectivity index (χ0n) is 13.8. The lowest BCUT2D eigenvalue weighted by molar-refractivity contribution is -0.0528. The highest BCUT2D eigenvalue weighted by Crippen LogP contribution is 2.28. The molecule has 5 heteroatoms. The Morgan fingerprint density at radius 1 is 1.29 bits per heavy atom. The molecule has 2 atom stereocenters. The molecule has 1 N–H and O–H groups in total. The van der Waals surface area contributed by atoms with E-state index >= 15 is 0 Å². The fraction of sp³-hybridized carbons (Fsp3) is 0.938. The van der Waals surface area contributed by atoms with Crippen LogP contribution >= 0.6 is 0 Å². The van der Waals surface area contributed by atoms with Crippen molar-refractivity contribution in [1.82, 2.24) is 9.80 Å². The van der Waals surface area contributed by atoms with Gasteiger partial charge in [-0.15, -0.1) is 0 Å². The Morgan fingerprint density at radius 3 is 2.43 bits per heavy atom. The second-order valence-corrected chi connectivity index (χ2v) is 7.29. The molecule has 0 spiro atoms. The molecule has 0 aromatic heterocycles. The normalized spacial score (nSPS) is 27.6. The lowest BCUT2D eigenvalue weighted by Gasteiger charge is -2.49. The van der Waals surface area contributed by atoms with Crippen molar-refractivity contribution in [2.24, 2.45) is 0 Å². The average Bonchev–Trinajstić information content (AvgIpc) is 2.32. The fourth-order valence-electron chi connectivity index (χ4n) is 3.38. The Kier molecular flexibility index (Phi) is 5.15. The van der Waals surface area contributed by atoms with Gasteiger partial charge in [0.25, 0.3) is 0 Å².